The van der Waals surface area contributed by atoms with Gasteiger partial charge in [-0.3, -0.25) is 4.79 Å². The minimum atomic E-state index is -0.0270. The van der Waals surface area contributed by atoms with Crippen molar-refractivity contribution in [3.05, 3.63) is 45.4 Å². The van der Waals surface area contributed by atoms with Crippen molar-refractivity contribution >= 4 is 22.9 Å². The van der Waals surface area contributed by atoms with Crippen molar-refractivity contribution in [1.29, 1.82) is 0 Å². The number of aromatic nitrogens is 1. The quantitative estimate of drug-likeness (QED) is 0.859. The monoisotopic (exact) mass is 317 g/mol. The van der Waals surface area contributed by atoms with Gasteiger partial charge in [-0.2, -0.15) is 0 Å². The maximum atomic E-state index is 12.3. The van der Waals surface area contributed by atoms with Gasteiger partial charge in [-0.15, -0.1) is 11.3 Å². The molecule has 0 aliphatic carbocycles. The SMILES string of the molecule is Cc1cccc(C(C)C)c1NC(=O)Cc1csc(CCN)n1. The van der Waals surface area contributed by atoms with E-state index < -0.39 is 0 Å². The maximum absolute atomic E-state index is 12.3. The first-order chi connectivity index (χ1) is 10.5. The van der Waals surface area contributed by atoms with Crippen molar-refractivity contribution in [2.75, 3.05) is 11.9 Å². The van der Waals surface area contributed by atoms with Gasteiger partial charge in [0.15, 0.2) is 0 Å². The van der Waals surface area contributed by atoms with Crippen molar-refractivity contribution in [3.63, 3.8) is 0 Å². The van der Waals surface area contributed by atoms with E-state index in [-0.39, 0.29) is 5.91 Å². The highest BCUT2D eigenvalue weighted by Crippen LogP contribution is 2.27. The zero-order valence-corrected chi connectivity index (χ0v) is 14.2. The average molecular weight is 317 g/mol. The molecule has 0 saturated carbocycles. The van der Waals surface area contributed by atoms with E-state index in [0.29, 0.717) is 18.9 Å². The summed E-state index contributed by atoms with van der Waals surface area (Å²) in [4.78, 5) is 16.7. The van der Waals surface area contributed by atoms with Crippen LogP contribution in [0.25, 0.3) is 0 Å². The molecule has 1 amide bonds. The summed E-state index contributed by atoms with van der Waals surface area (Å²) in [6.45, 7) is 6.86. The third kappa shape index (κ3) is 4.15. The summed E-state index contributed by atoms with van der Waals surface area (Å²) < 4.78 is 0. The van der Waals surface area contributed by atoms with Crippen LogP contribution in [0.4, 0.5) is 5.69 Å². The molecule has 4 nitrogen and oxygen atoms in total. The fourth-order valence-electron chi connectivity index (χ4n) is 2.36. The number of carbonyl (C=O) groups excluding carboxylic acids is 1. The molecular formula is C17H23N3OS. The molecule has 0 aliphatic heterocycles. The van der Waals surface area contributed by atoms with Crippen LogP contribution in [0.3, 0.4) is 0 Å². The lowest BCUT2D eigenvalue weighted by molar-refractivity contribution is -0.115. The number of para-hydroxylation sites is 1. The van der Waals surface area contributed by atoms with E-state index in [1.807, 2.05) is 24.4 Å². The van der Waals surface area contributed by atoms with E-state index in [2.05, 4.69) is 30.2 Å². The lowest BCUT2D eigenvalue weighted by Crippen LogP contribution is -2.17. The number of amides is 1. The summed E-state index contributed by atoms with van der Waals surface area (Å²) >= 11 is 1.56. The summed E-state index contributed by atoms with van der Waals surface area (Å²) in [6, 6.07) is 6.11. The van der Waals surface area contributed by atoms with Crippen molar-refractivity contribution in [2.24, 2.45) is 5.73 Å². The Balaban J connectivity index is 2.08. The van der Waals surface area contributed by atoms with Crippen LogP contribution in [0.2, 0.25) is 0 Å². The smallest absolute Gasteiger partial charge is 0.230 e. The van der Waals surface area contributed by atoms with Crippen LogP contribution in [-0.2, 0) is 17.6 Å². The zero-order chi connectivity index (χ0) is 16.1. The highest BCUT2D eigenvalue weighted by molar-refractivity contribution is 7.09. The van der Waals surface area contributed by atoms with E-state index in [1.165, 1.54) is 0 Å². The van der Waals surface area contributed by atoms with Crippen molar-refractivity contribution in [2.45, 2.75) is 39.5 Å². The average Bonchev–Trinajstić information content (AvgIpc) is 2.88. The molecule has 0 unspecified atom stereocenters. The second-order valence-electron chi connectivity index (χ2n) is 5.69. The topological polar surface area (TPSA) is 68.0 Å². The molecule has 3 N–H and O–H groups in total. The van der Waals surface area contributed by atoms with E-state index in [4.69, 9.17) is 5.73 Å². The molecule has 1 aromatic heterocycles. The van der Waals surface area contributed by atoms with Gasteiger partial charge >= 0.3 is 0 Å². The lowest BCUT2D eigenvalue weighted by Gasteiger charge is -2.16. The Morgan fingerprint density at radius 2 is 2.18 bits per heavy atom. The van der Waals surface area contributed by atoms with Crippen LogP contribution in [0.1, 0.15) is 41.6 Å². The molecule has 0 aliphatic rings. The van der Waals surface area contributed by atoms with Gasteiger partial charge in [-0.05, 0) is 30.5 Å². The number of hydrogen-bond acceptors (Lipinski definition) is 4. The Morgan fingerprint density at radius 3 is 2.86 bits per heavy atom. The van der Waals surface area contributed by atoms with Crippen LogP contribution in [-0.4, -0.2) is 17.4 Å². The number of nitrogens with zero attached hydrogens (tertiary/aromatic N) is 1. The first kappa shape index (κ1) is 16.6. The molecule has 0 radical (unpaired) electrons. The van der Waals surface area contributed by atoms with Gasteiger partial charge in [-0.25, -0.2) is 4.98 Å². The van der Waals surface area contributed by atoms with Gasteiger partial charge in [-0.1, -0.05) is 32.0 Å². The van der Waals surface area contributed by atoms with Crippen LogP contribution < -0.4 is 11.1 Å². The van der Waals surface area contributed by atoms with Crippen molar-refractivity contribution in [3.8, 4) is 0 Å². The predicted octanol–water partition coefficient (Wildman–Crippen LogP) is 3.26. The van der Waals surface area contributed by atoms with Gasteiger partial charge in [0.2, 0.25) is 5.91 Å². The normalized spacial score (nSPS) is 11.0. The summed E-state index contributed by atoms with van der Waals surface area (Å²) in [5.41, 5.74) is 9.51. The molecule has 0 saturated heterocycles. The molecular weight excluding hydrogens is 294 g/mol. The molecule has 1 aromatic carbocycles. The van der Waals surface area contributed by atoms with E-state index >= 15 is 0 Å². The highest BCUT2D eigenvalue weighted by atomic mass is 32.1. The van der Waals surface area contributed by atoms with Gasteiger partial charge in [0.05, 0.1) is 17.1 Å². The third-order valence-corrected chi connectivity index (χ3v) is 4.45. The number of nitrogens with two attached hydrogens (primary N) is 1. The van der Waals surface area contributed by atoms with Crippen molar-refractivity contribution < 1.29 is 4.79 Å². The fourth-order valence-corrected chi connectivity index (χ4v) is 3.17. The first-order valence-corrected chi connectivity index (χ1v) is 8.42. The first-order valence-electron chi connectivity index (χ1n) is 7.54. The van der Waals surface area contributed by atoms with Crippen LogP contribution in [0.5, 0.6) is 0 Å². The van der Waals surface area contributed by atoms with Gasteiger partial charge in [0.1, 0.15) is 0 Å². The molecule has 118 valence electrons. The minimum Gasteiger partial charge on any atom is -0.330 e. The largest absolute Gasteiger partial charge is 0.330 e. The van der Waals surface area contributed by atoms with E-state index in [1.54, 1.807) is 11.3 Å². The van der Waals surface area contributed by atoms with Gasteiger partial charge in [0.25, 0.3) is 0 Å². The molecule has 0 fully saturated rings. The van der Waals surface area contributed by atoms with E-state index in [0.717, 1.165) is 33.9 Å². The summed E-state index contributed by atoms with van der Waals surface area (Å²) in [5.74, 6) is 0.339. The molecule has 0 bridgehead atoms. The zero-order valence-electron chi connectivity index (χ0n) is 13.3. The Kier molecular flexibility index (Phi) is 5.69. The second-order valence-corrected chi connectivity index (χ2v) is 6.63. The number of anilines is 1. The number of rotatable bonds is 6. The molecule has 0 spiro atoms. The minimum absolute atomic E-state index is 0.0270. The Morgan fingerprint density at radius 1 is 1.41 bits per heavy atom. The molecule has 5 heteroatoms. The number of benzene rings is 1. The summed E-state index contributed by atoms with van der Waals surface area (Å²) in [6.07, 6.45) is 1.06. The Labute approximate surface area is 135 Å². The fraction of sp³-hybridized carbons (Fsp3) is 0.412. The highest BCUT2D eigenvalue weighted by Gasteiger charge is 2.13. The maximum Gasteiger partial charge on any atom is 0.230 e. The standard InChI is InChI=1S/C17H23N3OS/c1-11(2)14-6-4-5-12(3)17(14)20-15(21)9-13-10-22-16(19-13)7-8-18/h4-6,10-11H,7-9,18H2,1-3H3,(H,20,21). The summed E-state index contributed by atoms with van der Waals surface area (Å²) in [5, 5.41) is 5.98. The molecule has 2 rings (SSSR count). The second kappa shape index (κ2) is 7.51. The van der Waals surface area contributed by atoms with Crippen molar-refractivity contribution in [1.82, 2.24) is 4.98 Å². The number of thiazole rings is 1. The van der Waals surface area contributed by atoms with Crippen LogP contribution >= 0.6 is 11.3 Å². The number of nitrogens with one attached hydrogen (secondary N) is 1. The van der Waals surface area contributed by atoms with Crippen LogP contribution in [0.15, 0.2) is 23.6 Å². The Bertz CT molecular complexity index is 649. The third-order valence-electron chi connectivity index (χ3n) is 3.49. The molecule has 1 heterocycles. The van der Waals surface area contributed by atoms with Gasteiger partial charge in [0, 0.05) is 17.5 Å². The lowest BCUT2D eigenvalue weighted by atomic mass is 9.98. The molecule has 2 aromatic rings. The molecule has 22 heavy (non-hydrogen) atoms. The molecule has 0 atom stereocenters. The predicted molar refractivity (Wildman–Crippen MR) is 92.5 cm³/mol. The summed E-state index contributed by atoms with van der Waals surface area (Å²) in [7, 11) is 0. The van der Waals surface area contributed by atoms with Crippen LogP contribution in [0, 0.1) is 6.92 Å². The number of aryl methyl sites for hydroxylation is 1. The number of carbonyl (C=O) groups is 1. The van der Waals surface area contributed by atoms with Gasteiger partial charge < -0.3 is 11.1 Å². The Hall–Kier alpha value is -1.72. The van der Waals surface area contributed by atoms with E-state index in [9.17, 15) is 4.79 Å². The number of hydrogen-bond donors (Lipinski definition) is 2.